The van der Waals surface area contributed by atoms with Crippen molar-refractivity contribution < 1.29 is 5.11 Å². The highest BCUT2D eigenvalue weighted by Crippen LogP contribution is 2.41. The third-order valence-electron chi connectivity index (χ3n) is 5.42. The smallest absolute Gasteiger partial charge is 0.194 e. The zero-order valence-corrected chi connectivity index (χ0v) is 19.8. The van der Waals surface area contributed by atoms with Crippen LogP contribution in [0.1, 0.15) is 17.9 Å². The van der Waals surface area contributed by atoms with Gasteiger partial charge in [-0.2, -0.15) is 0 Å². The minimum atomic E-state index is 0. The first kappa shape index (κ1) is 21.2. The van der Waals surface area contributed by atoms with E-state index < -0.39 is 0 Å². The molecule has 1 saturated heterocycles. The van der Waals surface area contributed by atoms with Crippen LogP contribution >= 0.6 is 39.9 Å². The number of para-hydroxylation sites is 2. The second-order valence-electron chi connectivity index (χ2n) is 7.15. The number of aromatic hydroxyl groups is 1. The van der Waals surface area contributed by atoms with E-state index in [0.717, 1.165) is 48.7 Å². The van der Waals surface area contributed by atoms with Crippen LogP contribution in [0, 0.1) is 0 Å². The minimum absolute atomic E-state index is 0. The average Bonchev–Trinajstić information content (AvgIpc) is 3.46. The molecule has 5 nitrogen and oxygen atoms in total. The van der Waals surface area contributed by atoms with Gasteiger partial charge in [0.15, 0.2) is 5.96 Å². The fourth-order valence-corrected chi connectivity index (χ4v) is 4.05. The molecule has 1 aliphatic heterocycles. The van der Waals surface area contributed by atoms with Crippen LogP contribution in [0.3, 0.4) is 0 Å². The van der Waals surface area contributed by atoms with Crippen LogP contribution in [0.5, 0.6) is 5.75 Å². The predicted octanol–water partition coefficient (Wildman–Crippen LogP) is 4.03. The minimum Gasteiger partial charge on any atom is -0.506 e. The predicted molar refractivity (Wildman–Crippen MR) is 129 cm³/mol. The summed E-state index contributed by atoms with van der Waals surface area (Å²) in [5.41, 5.74) is 2.30. The van der Waals surface area contributed by atoms with Gasteiger partial charge in [0.2, 0.25) is 0 Å². The number of anilines is 1. The first-order chi connectivity index (χ1) is 13.2. The molecule has 1 saturated carbocycles. The van der Waals surface area contributed by atoms with E-state index in [1.165, 1.54) is 5.56 Å². The second-order valence-corrected chi connectivity index (χ2v) is 8.07. The van der Waals surface area contributed by atoms with E-state index in [2.05, 4.69) is 60.3 Å². The molecule has 0 spiro atoms. The lowest BCUT2D eigenvalue weighted by atomic mass is 10.1. The highest BCUT2D eigenvalue weighted by Gasteiger charge is 2.39. The Morgan fingerprint density at radius 2 is 1.75 bits per heavy atom. The molecule has 0 aromatic heterocycles. The van der Waals surface area contributed by atoms with Gasteiger partial charge in [-0.1, -0.05) is 40.2 Å². The fourth-order valence-electron chi connectivity index (χ4n) is 3.79. The molecule has 1 aliphatic carbocycles. The number of nitrogens with one attached hydrogen (secondary N) is 1. The molecular formula is C21H26BrIN4O. The van der Waals surface area contributed by atoms with Crippen molar-refractivity contribution in [3.8, 4) is 5.75 Å². The molecule has 2 unspecified atom stereocenters. The van der Waals surface area contributed by atoms with Crippen molar-refractivity contribution in [1.29, 1.82) is 0 Å². The van der Waals surface area contributed by atoms with Gasteiger partial charge in [-0.3, -0.25) is 4.99 Å². The number of halogens is 2. The summed E-state index contributed by atoms with van der Waals surface area (Å²) in [5, 5.41) is 13.7. The van der Waals surface area contributed by atoms with E-state index in [0.29, 0.717) is 17.7 Å². The maximum Gasteiger partial charge on any atom is 0.194 e. The number of hydrogen-bond acceptors (Lipinski definition) is 3. The summed E-state index contributed by atoms with van der Waals surface area (Å²) in [5.74, 6) is 1.90. The number of guanidine groups is 1. The van der Waals surface area contributed by atoms with Crippen LogP contribution in [0.15, 0.2) is 58.0 Å². The molecule has 0 radical (unpaired) electrons. The highest BCUT2D eigenvalue weighted by molar-refractivity contribution is 14.0. The molecule has 7 heteroatoms. The van der Waals surface area contributed by atoms with Gasteiger partial charge in [0.1, 0.15) is 5.75 Å². The molecule has 4 rings (SSSR count). The number of rotatable bonds is 3. The molecule has 2 aromatic carbocycles. The summed E-state index contributed by atoms with van der Waals surface area (Å²) in [7, 11) is 1.86. The lowest BCUT2D eigenvalue weighted by molar-refractivity contribution is 0.369. The summed E-state index contributed by atoms with van der Waals surface area (Å²) < 4.78 is 1.12. The van der Waals surface area contributed by atoms with Crippen molar-refractivity contribution in [3.05, 3.63) is 58.6 Å². The van der Waals surface area contributed by atoms with Gasteiger partial charge in [-0.15, -0.1) is 24.0 Å². The van der Waals surface area contributed by atoms with E-state index in [4.69, 9.17) is 0 Å². The first-order valence-corrected chi connectivity index (χ1v) is 10.2. The SMILES string of the molecule is CN=C(NC1CC1c1ccc(Br)cc1)N1CCN(c2ccccc2O)CC1.I. The first-order valence-electron chi connectivity index (χ1n) is 9.42. The number of hydrogen-bond donors (Lipinski definition) is 2. The Balaban J connectivity index is 0.00000225. The molecule has 2 atom stereocenters. The highest BCUT2D eigenvalue weighted by atomic mass is 127. The second kappa shape index (κ2) is 9.35. The van der Waals surface area contributed by atoms with Gasteiger partial charge in [-0.05, 0) is 36.2 Å². The van der Waals surface area contributed by atoms with Crippen LogP contribution < -0.4 is 10.2 Å². The Morgan fingerprint density at radius 1 is 1.07 bits per heavy atom. The molecule has 2 fully saturated rings. The average molecular weight is 557 g/mol. The van der Waals surface area contributed by atoms with Crippen LogP contribution in [-0.4, -0.2) is 55.2 Å². The van der Waals surface area contributed by atoms with E-state index >= 15 is 0 Å². The zero-order chi connectivity index (χ0) is 18.8. The maximum absolute atomic E-state index is 10.1. The van der Waals surface area contributed by atoms with Crippen molar-refractivity contribution in [1.82, 2.24) is 10.2 Å². The third-order valence-corrected chi connectivity index (χ3v) is 5.95. The number of benzene rings is 2. The Hall–Kier alpha value is -1.48. The largest absolute Gasteiger partial charge is 0.506 e. The number of aliphatic imine (C=N–C) groups is 1. The summed E-state index contributed by atoms with van der Waals surface area (Å²) in [6.07, 6.45) is 1.15. The van der Waals surface area contributed by atoms with Crippen molar-refractivity contribution in [3.63, 3.8) is 0 Å². The van der Waals surface area contributed by atoms with E-state index in [-0.39, 0.29) is 24.0 Å². The lowest BCUT2D eigenvalue weighted by Crippen LogP contribution is -2.53. The molecule has 150 valence electrons. The number of nitrogens with zero attached hydrogens (tertiary/aromatic N) is 3. The van der Waals surface area contributed by atoms with Crippen LogP contribution in [0.4, 0.5) is 5.69 Å². The van der Waals surface area contributed by atoms with Crippen LogP contribution in [0.25, 0.3) is 0 Å². The molecule has 1 heterocycles. The number of phenols is 1. The van der Waals surface area contributed by atoms with Gasteiger partial charge in [0.05, 0.1) is 5.69 Å². The summed E-state index contributed by atoms with van der Waals surface area (Å²) in [4.78, 5) is 9.06. The van der Waals surface area contributed by atoms with Crippen molar-refractivity contribution in [2.75, 3.05) is 38.1 Å². The molecule has 0 amide bonds. The van der Waals surface area contributed by atoms with Gasteiger partial charge in [0, 0.05) is 49.7 Å². The molecule has 2 N–H and O–H groups in total. The quantitative estimate of drug-likeness (QED) is 0.340. The molecule has 28 heavy (non-hydrogen) atoms. The topological polar surface area (TPSA) is 51.1 Å². The summed E-state index contributed by atoms with van der Waals surface area (Å²) in [6.45, 7) is 3.53. The Morgan fingerprint density at radius 3 is 2.39 bits per heavy atom. The molecule has 2 aliphatic rings. The van der Waals surface area contributed by atoms with Crippen LogP contribution in [0.2, 0.25) is 0 Å². The fraction of sp³-hybridized carbons (Fsp3) is 0.381. The van der Waals surface area contributed by atoms with Crippen LogP contribution in [-0.2, 0) is 0 Å². The standard InChI is InChI=1S/C21H25BrN4O.HI/c1-23-21(24-18-14-17(18)15-6-8-16(22)9-7-15)26-12-10-25(11-13-26)19-4-2-3-5-20(19)27;/h2-9,17-18,27H,10-14H2,1H3,(H,23,24);1H. The van der Waals surface area contributed by atoms with E-state index in [1.807, 2.05) is 25.2 Å². The number of phenolic OH excluding ortho intramolecular Hbond substituents is 1. The van der Waals surface area contributed by atoms with Gasteiger partial charge < -0.3 is 20.2 Å². The normalized spacial score (nSPS) is 21.9. The maximum atomic E-state index is 10.1. The van der Waals surface area contributed by atoms with Gasteiger partial charge in [0.25, 0.3) is 0 Å². The Kier molecular flexibility index (Phi) is 7.09. The monoisotopic (exact) mass is 556 g/mol. The third kappa shape index (κ3) is 4.74. The van der Waals surface area contributed by atoms with Gasteiger partial charge >= 0.3 is 0 Å². The van der Waals surface area contributed by atoms with E-state index in [9.17, 15) is 5.11 Å². The molecular weight excluding hydrogens is 531 g/mol. The van der Waals surface area contributed by atoms with Crippen molar-refractivity contribution in [2.45, 2.75) is 18.4 Å². The Labute approximate surface area is 192 Å². The molecule has 2 aromatic rings. The molecule has 0 bridgehead atoms. The van der Waals surface area contributed by atoms with Crippen molar-refractivity contribution in [2.24, 2.45) is 4.99 Å². The summed E-state index contributed by atoms with van der Waals surface area (Å²) >= 11 is 3.50. The number of piperazine rings is 1. The van der Waals surface area contributed by atoms with E-state index in [1.54, 1.807) is 6.07 Å². The lowest BCUT2D eigenvalue weighted by Gasteiger charge is -2.38. The van der Waals surface area contributed by atoms with Gasteiger partial charge in [-0.25, -0.2) is 0 Å². The Bertz CT molecular complexity index is 821. The zero-order valence-electron chi connectivity index (χ0n) is 15.9. The van der Waals surface area contributed by atoms with Crippen molar-refractivity contribution >= 4 is 51.6 Å². The summed E-state index contributed by atoms with van der Waals surface area (Å²) in [6, 6.07) is 16.6.